The second-order valence-electron chi connectivity index (χ2n) is 8.74. The first-order valence-corrected chi connectivity index (χ1v) is 11.4. The Morgan fingerprint density at radius 2 is 1.88 bits per heavy atom. The summed E-state index contributed by atoms with van der Waals surface area (Å²) in [7, 11) is 2.02. The third kappa shape index (κ3) is 5.03. The Morgan fingerprint density at radius 1 is 1.15 bits per heavy atom. The summed E-state index contributed by atoms with van der Waals surface area (Å²) in [6.45, 7) is 1.56. The van der Waals surface area contributed by atoms with Crippen LogP contribution in [-0.4, -0.2) is 52.4 Å². The van der Waals surface area contributed by atoms with E-state index in [0.29, 0.717) is 17.3 Å². The Balaban J connectivity index is 0.00000259. The fraction of sp³-hybridized carbons (Fsp3) is 0.435. The molecule has 0 spiro atoms. The summed E-state index contributed by atoms with van der Waals surface area (Å²) in [6.07, 6.45) is 4.37. The van der Waals surface area contributed by atoms with Gasteiger partial charge in [-0.3, -0.25) is 14.5 Å². The molecule has 0 radical (unpaired) electrons. The van der Waals surface area contributed by atoms with Crippen LogP contribution in [0, 0.1) is 0 Å². The van der Waals surface area contributed by atoms with Crippen molar-refractivity contribution in [2.24, 2.45) is 0 Å². The maximum atomic E-state index is 12.9. The molecule has 2 aromatic heterocycles. The number of hydrogen-bond donors (Lipinski definition) is 3. The Labute approximate surface area is 202 Å². The van der Waals surface area contributed by atoms with Crippen molar-refractivity contribution in [1.82, 2.24) is 25.5 Å². The molecule has 33 heavy (non-hydrogen) atoms. The average Bonchev–Trinajstić information content (AvgIpc) is 3.38. The molecule has 5 rings (SSSR count). The van der Waals surface area contributed by atoms with Gasteiger partial charge in [0.05, 0.1) is 12.2 Å². The molecule has 176 valence electrons. The van der Waals surface area contributed by atoms with E-state index < -0.39 is 0 Å². The molecule has 0 unspecified atom stereocenters. The molecule has 2 amide bonds. The van der Waals surface area contributed by atoms with Crippen molar-refractivity contribution in [2.75, 3.05) is 13.6 Å². The summed E-state index contributed by atoms with van der Waals surface area (Å²) < 4.78 is 5.74. The number of nitrogens with one attached hydrogen (secondary N) is 3. The summed E-state index contributed by atoms with van der Waals surface area (Å²) in [4.78, 5) is 35.4. The van der Waals surface area contributed by atoms with Crippen molar-refractivity contribution in [3.63, 3.8) is 0 Å². The van der Waals surface area contributed by atoms with Gasteiger partial charge in [0.25, 0.3) is 11.8 Å². The van der Waals surface area contributed by atoms with Crippen LogP contribution in [0.1, 0.15) is 58.3 Å². The van der Waals surface area contributed by atoms with Crippen LogP contribution in [0.4, 0.5) is 0 Å². The van der Waals surface area contributed by atoms with E-state index in [1.165, 1.54) is 0 Å². The maximum Gasteiger partial charge on any atom is 0.307 e. The minimum absolute atomic E-state index is 0. The van der Waals surface area contributed by atoms with Crippen LogP contribution < -0.4 is 10.6 Å². The molecule has 1 fully saturated rings. The second kappa shape index (κ2) is 9.75. The SMILES string of the molecule is CN1CCc2nc(C(=O)N[C@H]3CCCC[C@@H]3NC(=O)c3cc4cc(Cl)ccc4[nH]3)oc2C1.Cl. The van der Waals surface area contributed by atoms with Crippen molar-refractivity contribution in [3.05, 3.63) is 52.3 Å². The minimum atomic E-state index is -0.326. The third-order valence-corrected chi connectivity index (χ3v) is 6.58. The number of likely N-dealkylation sites (N-methyl/N-ethyl adjacent to an activating group) is 1. The number of aromatic nitrogens is 2. The van der Waals surface area contributed by atoms with Gasteiger partial charge in [-0.05, 0) is 44.2 Å². The minimum Gasteiger partial charge on any atom is -0.436 e. The van der Waals surface area contributed by atoms with Crippen LogP contribution in [0.25, 0.3) is 10.9 Å². The summed E-state index contributed by atoms with van der Waals surface area (Å²) in [5.41, 5.74) is 2.19. The molecule has 1 aliphatic heterocycles. The molecule has 1 aliphatic carbocycles. The molecule has 2 aliphatic rings. The van der Waals surface area contributed by atoms with Crippen LogP contribution in [-0.2, 0) is 13.0 Å². The quantitative estimate of drug-likeness (QED) is 0.516. The number of fused-ring (bicyclic) bond motifs is 2. The van der Waals surface area contributed by atoms with E-state index in [0.717, 1.165) is 61.0 Å². The van der Waals surface area contributed by atoms with Crippen LogP contribution >= 0.6 is 24.0 Å². The summed E-state index contributed by atoms with van der Waals surface area (Å²) in [5.74, 6) is 0.344. The third-order valence-electron chi connectivity index (χ3n) is 6.34. The lowest BCUT2D eigenvalue weighted by Crippen LogP contribution is -2.53. The molecular formula is C23H27Cl2N5O3. The van der Waals surface area contributed by atoms with Gasteiger partial charge in [0.1, 0.15) is 11.5 Å². The van der Waals surface area contributed by atoms with Crippen molar-refractivity contribution < 1.29 is 14.0 Å². The number of rotatable bonds is 4. The lowest BCUT2D eigenvalue weighted by molar-refractivity contribution is 0.0839. The van der Waals surface area contributed by atoms with Gasteiger partial charge < -0.3 is 20.0 Å². The number of hydrogen-bond acceptors (Lipinski definition) is 5. The summed E-state index contributed by atoms with van der Waals surface area (Å²) >= 11 is 6.05. The average molecular weight is 492 g/mol. The molecule has 1 saturated carbocycles. The number of H-pyrrole nitrogens is 1. The highest BCUT2D eigenvalue weighted by Crippen LogP contribution is 2.23. The van der Waals surface area contributed by atoms with E-state index in [2.05, 4.69) is 25.5 Å². The number of halogens is 2. The van der Waals surface area contributed by atoms with Crippen molar-refractivity contribution in [2.45, 2.75) is 50.7 Å². The van der Waals surface area contributed by atoms with E-state index in [1.54, 1.807) is 12.1 Å². The lowest BCUT2D eigenvalue weighted by Gasteiger charge is -2.32. The highest BCUT2D eigenvalue weighted by atomic mass is 35.5. The fourth-order valence-electron chi connectivity index (χ4n) is 4.60. The zero-order valence-electron chi connectivity index (χ0n) is 18.3. The van der Waals surface area contributed by atoms with Gasteiger partial charge in [-0.25, -0.2) is 4.98 Å². The molecule has 3 heterocycles. The predicted molar refractivity (Wildman–Crippen MR) is 128 cm³/mol. The van der Waals surface area contributed by atoms with Crippen molar-refractivity contribution >= 4 is 46.7 Å². The Hall–Kier alpha value is -2.55. The topological polar surface area (TPSA) is 103 Å². The number of nitrogens with zero attached hydrogens (tertiary/aromatic N) is 2. The summed E-state index contributed by atoms with van der Waals surface area (Å²) in [5, 5.41) is 7.65. The molecule has 2 atom stereocenters. The normalized spacial score (nSPS) is 20.7. The molecule has 3 aromatic rings. The van der Waals surface area contributed by atoms with Crippen molar-refractivity contribution in [3.8, 4) is 0 Å². The van der Waals surface area contributed by atoms with E-state index in [-0.39, 0.29) is 42.2 Å². The first-order valence-electron chi connectivity index (χ1n) is 11.0. The van der Waals surface area contributed by atoms with Crippen LogP contribution in [0.3, 0.4) is 0 Å². The number of amides is 2. The first kappa shape index (κ1) is 23.6. The number of carbonyl (C=O) groups excluding carboxylic acids is 2. The Morgan fingerprint density at radius 3 is 2.64 bits per heavy atom. The maximum absolute atomic E-state index is 12.9. The monoisotopic (exact) mass is 491 g/mol. The van der Waals surface area contributed by atoms with E-state index >= 15 is 0 Å². The molecule has 10 heteroatoms. The molecule has 0 bridgehead atoms. The Bertz CT molecular complexity index is 1170. The lowest BCUT2D eigenvalue weighted by atomic mass is 9.90. The highest BCUT2D eigenvalue weighted by molar-refractivity contribution is 6.31. The molecule has 8 nitrogen and oxygen atoms in total. The standard InChI is InChI=1S/C23H26ClN5O3.ClH/c1-29-9-8-18-20(12-29)32-23(28-18)22(31)27-17-5-3-2-4-16(17)26-21(30)19-11-13-10-14(24)6-7-15(13)25-19;/h6-7,10-11,16-17,25H,2-5,8-9,12H2,1H3,(H,26,30)(H,27,31);1H/t16-,17-;/m0./s1. The van der Waals surface area contributed by atoms with Gasteiger partial charge in [0, 0.05) is 41.0 Å². The predicted octanol–water partition coefficient (Wildman–Crippen LogP) is 3.69. The van der Waals surface area contributed by atoms with Gasteiger partial charge in [-0.15, -0.1) is 12.4 Å². The number of benzene rings is 1. The Kier molecular flexibility index (Phi) is 6.97. The number of aromatic amines is 1. The van der Waals surface area contributed by atoms with E-state index in [9.17, 15) is 9.59 Å². The van der Waals surface area contributed by atoms with E-state index in [4.69, 9.17) is 16.0 Å². The van der Waals surface area contributed by atoms with Crippen LogP contribution in [0.15, 0.2) is 28.7 Å². The first-order chi connectivity index (χ1) is 15.5. The fourth-order valence-corrected chi connectivity index (χ4v) is 4.78. The molecular weight excluding hydrogens is 465 g/mol. The highest BCUT2D eigenvalue weighted by Gasteiger charge is 2.31. The van der Waals surface area contributed by atoms with Gasteiger partial charge in [-0.2, -0.15) is 0 Å². The zero-order valence-corrected chi connectivity index (χ0v) is 19.9. The smallest absolute Gasteiger partial charge is 0.307 e. The van der Waals surface area contributed by atoms with Gasteiger partial charge >= 0.3 is 5.91 Å². The summed E-state index contributed by atoms with van der Waals surface area (Å²) in [6, 6.07) is 6.92. The van der Waals surface area contributed by atoms with Crippen LogP contribution in [0.5, 0.6) is 0 Å². The van der Waals surface area contributed by atoms with Gasteiger partial charge in [-0.1, -0.05) is 24.4 Å². The van der Waals surface area contributed by atoms with E-state index in [1.807, 2.05) is 19.2 Å². The molecule has 1 aromatic carbocycles. The molecule has 0 saturated heterocycles. The van der Waals surface area contributed by atoms with Gasteiger partial charge in [0.15, 0.2) is 0 Å². The van der Waals surface area contributed by atoms with Crippen LogP contribution in [0.2, 0.25) is 5.02 Å². The van der Waals surface area contributed by atoms with Crippen molar-refractivity contribution in [1.29, 1.82) is 0 Å². The largest absolute Gasteiger partial charge is 0.436 e. The number of oxazole rings is 1. The second-order valence-corrected chi connectivity index (χ2v) is 9.17. The van der Waals surface area contributed by atoms with Gasteiger partial charge in [0.2, 0.25) is 0 Å². The number of carbonyl (C=O) groups is 2. The molecule has 3 N–H and O–H groups in total. The zero-order chi connectivity index (χ0) is 22.2.